The summed E-state index contributed by atoms with van der Waals surface area (Å²) in [7, 11) is 0. The number of aromatic carboxylic acids is 1. The van der Waals surface area contributed by atoms with Crippen LogP contribution in [-0.4, -0.2) is 24.2 Å². The van der Waals surface area contributed by atoms with Gasteiger partial charge < -0.3 is 10.0 Å². The first kappa shape index (κ1) is 13.9. The van der Waals surface area contributed by atoms with Crippen LogP contribution in [0.3, 0.4) is 0 Å². The smallest absolute Gasteiger partial charge is 0.335 e. The Hall–Kier alpha value is -2.02. The predicted octanol–water partition coefficient (Wildman–Crippen LogP) is 3.42. The number of rotatable bonds is 2. The van der Waals surface area contributed by atoms with Gasteiger partial charge in [0.15, 0.2) is 0 Å². The van der Waals surface area contributed by atoms with Crippen LogP contribution in [0.1, 0.15) is 54.4 Å². The molecule has 1 heterocycles. The lowest BCUT2D eigenvalue weighted by molar-refractivity contribution is 0.0697. The Labute approximate surface area is 125 Å². The number of nitriles is 1. The summed E-state index contributed by atoms with van der Waals surface area (Å²) in [5.41, 5.74) is 2.08. The summed E-state index contributed by atoms with van der Waals surface area (Å²) in [5.74, 6) is -0.985. The van der Waals surface area contributed by atoms with Gasteiger partial charge in [0.2, 0.25) is 0 Å². The van der Waals surface area contributed by atoms with E-state index in [1.807, 2.05) is 0 Å². The van der Waals surface area contributed by atoms with Crippen molar-refractivity contribution in [2.75, 3.05) is 18.0 Å². The van der Waals surface area contributed by atoms with Crippen molar-refractivity contribution in [2.45, 2.75) is 38.5 Å². The highest BCUT2D eigenvalue weighted by atomic mass is 16.4. The van der Waals surface area contributed by atoms with Crippen LogP contribution in [0.25, 0.3) is 0 Å². The quantitative estimate of drug-likeness (QED) is 0.903. The molecule has 2 aliphatic rings. The van der Waals surface area contributed by atoms with Crippen molar-refractivity contribution in [1.82, 2.24) is 0 Å². The number of hydrogen-bond acceptors (Lipinski definition) is 3. The van der Waals surface area contributed by atoms with Crippen molar-refractivity contribution in [2.24, 2.45) is 5.41 Å². The van der Waals surface area contributed by atoms with Gasteiger partial charge in [0.25, 0.3) is 0 Å². The molecule has 1 aliphatic heterocycles. The number of anilines is 1. The molecule has 1 saturated carbocycles. The zero-order valence-corrected chi connectivity index (χ0v) is 12.1. The third-order valence-corrected chi connectivity index (χ3v) is 5.19. The van der Waals surface area contributed by atoms with E-state index in [4.69, 9.17) is 5.11 Å². The normalized spacial score (nSPS) is 20.4. The Bertz CT molecular complexity index is 587. The number of carbonyl (C=O) groups is 1. The third kappa shape index (κ3) is 2.61. The summed E-state index contributed by atoms with van der Waals surface area (Å²) in [6, 6.07) is 7.01. The molecule has 1 aromatic rings. The molecule has 1 spiro atoms. The van der Waals surface area contributed by atoms with E-state index in [1.54, 1.807) is 12.1 Å². The minimum absolute atomic E-state index is 0.180. The fraction of sp³-hybridized carbons (Fsp3) is 0.529. The van der Waals surface area contributed by atoms with Gasteiger partial charge in [-0.2, -0.15) is 5.26 Å². The van der Waals surface area contributed by atoms with Crippen molar-refractivity contribution in [3.05, 3.63) is 29.3 Å². The van der Waals surface area contributed by atoms with Crippen molar-refractivity contribution in [1.29, 1.82) is 5.26 Å². The van der Waals surface area contributed by atoms with Crippen LogP contribution in [0, 0.1) is 16.7 Å². The lowest BCUT2D eigenvalue weighted by Crippen LogP contribution is -2.39. The Kier molecular flexibility index (Phi) is 3.59. The number of hydrogen-bond donors (Lipinski definition) is 1. The lowest BCUT2D eigenvalue weighted by atomic mass is 9.77. The van der Waals surface area contributed by atoms with Gasteiger partial charge in [0.05, 0.1) is 16.8 Å². The molecule has 1 N–H and O–H groups in total. The van der Waals surface area contributed by atoms with E-state index in [-0.39, 0.29) is 5.56 Å². The van der Waals surface area contributed by atoms with E-state index in [0.717, 1.165) is 18.8 Å². The molecule has 0 amide bonds. The van der Waals surface area contributed by atoms with Crippen molar-refractivity contribution >= 4 is 11.7 Å². The fourth-order valence-corrected chi connectivity index (χ4v) is 3.88. The van der Waals surface area contributed by atoms with Gasteiger partial charge in [-0.15, -0.1) is 0 Å². The summed E-state index contributed by atoms with van der Waals surface area (Å²) >= 11 is 0. The average Bonchev–Trinajstić information content (AvgIpc) is 2.95. The molecule has 4 nitrogen and oxygen atoms in total. The van der Waals surface area contributed by atoms with E-state index in [2.05, 4.69) is 11.0 Å². The van der Waals surface area contributed by atoms with Gasteiger partial charge in [-0.1, -0.05) is 12.8 Å². The third-order valence-electron chi connectivity index (χ3n) is 5.19. The second-order valence-electron chi connectivity index (χ2n) is 6.34. The summed E-state index contributed by atoms with van der Waals surface area (Å²) < 4.78 is 0. The van der Waals surface area contributed by atoms with Crippen LogP contribution in [0.2, 0.25) is 0 Å². The maximum atomic E-state index is 11.0. The van der Waals surface area contributed by atoms with Crippen molar-refractivity contribution in [3.63, 3.8) is 0 Å². The van der Waals surface area contributed by atoms with E-state index < -0.39 is 5.97 Å². The van der Waals surface area contributed by atoms with E-state index in [1.165, 1.54) is 44.6 Å². The summed E-state index contributed by atoms with van der Waals surface area (Å²) in [4.78, 5) is 13.2. The molecule has 2 fully saturated rings. The Morgan fingerprint density at radius 2 is 1.86 bits per heavy atom. The fourth-order valence-electron chi connectivity index (χ4n) is 3.88. The average molecular weight is 284 g/mol. The molecular formula is C17H20N2O2. The molecule has 110 valence electrons. The second-order valence-corrected chi connectivity index (χ2v) is 6.34. The molecule has 1 aliphatic carbocycles. The molecule has 0 radical (unpaired) electrons. The summed E-state index contributed by atoms with van der Waals surface area (Å²) in [6.45, 7) is 1.95. The van der Waals surface area contributed by atoms with E-state index >= 15 is 0 Å². The number of nitrogens with zero attached hydrogens (tertiary/aromatic N) is 2. The molecule has 3 rings (SSSR count). The first-order chi connectivity index (χ1) is 10.1. The molecule has 1 aromatic carbocycles. The molecular weight excluding hydrogens is 264 g/mol. The molecule has 0 unspecified atom stereocenters. The monoisotopic (exact) mass is 284 g/mol. The van der Waals surface area contributed by atoms with Crippen molar-refractivity contribution < 1.29 is 9.90 Å². The Morgan fingerprint density at radius 1 is 1.19 bits per heavy atom. The predicted molar refractivity (Wildman–Crippen MR) is 80.5 cm³/mol. The van der Waals surface area contributed by atoms with E-state index in [0.29, 0.717) is 11.0 Å². The van der Waals surface area contributed by atoms with Crippen LogP contribution in [0.5, 0.6) is 0 Å². The van der Waals surface area contributed by atoms with Crippen molar-refractivity contribution in [3.8, 4) is 6.07 Å². The summed E-state index contributed by atoms with van der Waals surface area (Å²) in [6.07, 6.45) is 7.80. The van der Waals surface area contributed by atoms with Gasteiger partial charge >= 0.3 is 5.97 Å². The molecule has 4 heteroatoms. The Balaban J connectivity index is 1.79. The van der Waals surface area contributed by atoms with Crippen LogP contribution in [0.15, 0.2) is 18.2 Å². The highest BCUT2D eigenvalue weighted by Crippen LogP contribution is 2.46. The Morgan fingerprint density at radius 3 is 2.43 bits per heavy atom. The first-order valence-electron chi connectivity index (χ1n) is 7.66. The first-order valence-corrected chi connectivity index (χ1v) is 7.66. The van der Waals surface area contributed by atoms with Crippen LogP contribution in [-0.2, 0) is 0 Å². The number of benzene rings is 1. The second kappa shape index (κ2) is 5.40. The maximum absolute atomic E-state index is 11.0. The molecule has 0 atom stereocenters. The van der Waals surface area contributed by atoms with Gasteiger partial charge in [-0.25, -0.2) is 4.79 Å². The lowest BCUT2D eigenvalue weighted by Gasteiger charge is -2.40. The number of piperidine rings is 1. The van der Waals surface area contributed by atoms with Crippen LogP contribution >= 0.6 is 0 Å². The minimum Gasteiger partial charge on any atom is -0.478 e. The van der Waals surface area contributed by atoms with Gasteiger partial charge in [-0.3, -0.25) is 0 Å². The summed E-state index contributed by atoms with van der Waals surface area (Å²) in [5, 5.41) is 18.3. The minimum atomic E-state index is -0.985. The topological polar surface area (TPSA) is 64.3 Å². The largest absolute Gasteiger partial charge is 0.478 e. The standard InChI is InChI=1S/C17H20N2O2/c18-12-14-11-13(16(20)21)3-4-15(14)19-9-7-17(8-10-19)5-1-2-6-17/h3-4,11H,1-2,5-10H2,(H,20,21). The zero-order valence-electron chi connectivity index (χ0n) is 12.1. The zero-order chi connectivity index (χ0) is 14.9. The number of carboxylic acids is 1. The van der Waals surface area contributed by atoms with Gasteiger partial charge in [0, 0.05) is 13.1 Å². The molecule has 1 saturated heterocycles. The molecule has 21 heavy (non-hydrogen) atoms. The SMILES string of the molecule is N#Cc1cc(C(=O)O)ccc1N1CCC2(CCCC2)CC1. The molecule has 0 aromatic heterocycles. The van der Waals surface area contributed by atoms with Gasteiger partial charge in [0.1, 0.15) is 6.07 Å². The highest BCUT2D eigenvalue weighted by molar-refractivity contribution is 5.89. The molecule has 0 bridgehead atoms. The number of carboxylic acid groups (broad SMARTS) is 1. The van der Waals surface area contributed by atoms with Crippen LogP contribution in [0.4, 0.5) is 5.69 Å². The maximum Gasteiger partial charge on any atom is 0.335 e. The van der Waals surface area contributed by atoms with E-state index in [9.17, 15) is 10.1 Å². The highest BCUT2D eigenvalue weighted by Gasteiger charge is 2.37. The van der Waals surface area contributed by atoms with Crippen LogP contribution < -0.4 is 4.90 Å². The van der Waals surface area contributed by atoms with Gasteiger partial charge in [-0.05, 0) is 49.3 Å².